The molecule has 4 nitrogen and oxygen atoms in total. The van der Waals surface area contributed by atoms with Crippen LogP contribution in [0.1, 0.15) is 35.7 Å². The second-order valence-corrected chi connectivity index (χ2v) is 5.84. The van der Waals surface area contributed by atoms with Gasteiger partial charge in [-0.3, -0.25) is 4.79 Å². The topological polar surface area (TPSA) is 52.6 Å². The van der Waals surface area contributed by atoms with E-state index in [4.69, 9.17) is 0 Å². The highest BCUT2D eigenvalue weighted by atomic mass is 16.3. The van der Waals surface area contributed by atoms with Gasteiger partial charge >= 0.3 is 0 Å². The third-order valence-corrected chi connectivity index (χ3v) is 3.78. The summed E-state index contributed by atoms with van der Waals surface area (Å²) in [4.78, 5) is 14.5. The van der Waals surface area contributed by atoms with Crippen molar-refractivity contribution in [1.29, 1.82) is 0 Å². The molecule has 1 aliphatic heterocycles. The van der Waals surface area contributed by atoms with Crippen LogP contribution in [-0.4, -0.2) is 42.1 Å². The number of aryl methyl sites for hydroxylation is 1. The van der Waals surface area contributed by atoms with Gasteiger partial charge in [-0.15, -0.1) is 0 Å². The van der Waals surface area contributed by atoms with Gasteiger partial charge in [-0.05, 0) is 50.9 Å². The summed E-state index contributed by atoms with van der Waals surface area (Å²) in [5.74, 6) is 0.267. The van der Waals surface area contributed by atoms with Gasteiger partial charge in [-0.2, -0.15) is 0 Å². The van der Waals surface area contributed by atoms with Crippen LogP contribution in [0.2, 0.25) is 0 Å². The monoisotopic (exact) mass is 276 g/mol. The van der Waals surface area contributed by atoms with Gasteiger partial charge in [0, 0.05) is 13.1 Å². The van der Waals surface area contributed by atoms with Gasteiger partial charge in [0.15, 0.2) is 0 Å². The molecule has 1 amide bonds. The Hall–Kier alpha value is -1.55. The van der Waals surface area contributed by atoms with Gasteiger partial charge in [0.25, 0.3) is 5.91 Å². The largest absolute Gasteiger partial charge is 0.507 e. The van der Waals surface area contributed by atoms with Crippen LogP contribution >= 0.6 is 0 Å². The first-order chi connectivity index (χ1) is 9.56. The Morgan fingerprint density at radius 2 is 2.10 bits per heavy atom. The first-order valence-corrected chi connectivity index (χ1v) is 7.36. The third kappa shape index (κ3) is 3.97. The zero-order chi connectivity index (χ0) is 14.5. The van der Waals surface area contributed by atoms with E-state index in [1.54, 1.807) is 18.2 Å². The first-order valence-electron chi connectivity index (χ1n) is 7.36. The van der Waals surface area contributed by atoms with Crippen LogP contribution in [0.4, 0.5) is 0 Å². The summed E-state index contributed by atoms with van der Waals surface area (Å²) in [5.41, 5.74) is 1.33. The van der Waals surface area contributed by atoms with Gasteiger partial charge in [-0.1, -0.05) is 18.6 Å². The zero-order valence-corrected chi connectivity index (χ0v) is 12.4. The second kappa shape index (κ2) is 6.75. The normalized spacial score (nSPS) is 17.1. The van der Waals surface area contributed by atoms with E-state index in [2.05, 4.69) is 17.1 Å². The number of nitrogens with zero attached hydrogens (tertiary/aromatic N) is 1. The average Bonchev–Trinajstić information content (AvgIpc) is 2.91. The highest BCUT2D eigenvalue weighted by molar-refractivity contribution is 5.96. The quantitative estimate of drug-likeness (QED) is 0.866. The average molecular weight is 276 g/mol. The molecule has 0 spiro atoms. The number of phenolic OH excluding ortho intramolecular Hbond substituents is 1. The van der Waals surface area contributed by atoms with E-state index in [1.165, 1.54) is 25.9 Å². The van der Waals surface area contributed by atoms with Crippen LogP contribution in [0.3, 0.4) is 0 Å². The number of aromatic hydroxyl groups is 1. The SMILES string of the molecule is Cc1ccc(O)c(C(=O)NCC(C)CN2CCCC2)c1. The van der Waals surface area contributed by atoms with Gasteiger partial charge in [0.2, 0.25) is 0 Å². The number of carbonyl (C=O) groups is 1. The van der Waals surface area contributed by atoms with Gasteiger partial charge < -0.3 is 15.3 Å². The van der Waals surface area contributed by atoms with E-state index in [-0.39, 0.29) is 11.7 Å². The molecule has 0 aromatic heterocycles. The number of hydrogen-bond donors (Lipinski definition) is 2. The van der Waals surface area contributed by atoms with Crippen LogP contribution in [0.15, 0.2) is 18.2 Å². The minimum Gasteiger partial charge on any atom is -0.507 e. The minimum absolute atomic E-state index is 0.0419. The van der Waals surface area contributed by atoms with E-state index in [0.29, 0.717) is 18.0 Å². The fourth-order valence-electron chi connectivity index (χ4n) is 2.66. The zero-order valence-electron chi connectivity index (χ0n) is 12.4. The Balaban J connectivity index is 1.83. The number of nitrogens with one attached hydrogen (secondary N) is 1. The fourth-order valence-corrected chi connectivity index (χ4v) is 2.66. The maximum absolute atomic E-state index is 12.1. The summed E-state index contributed by atoms with van der Waals surface area (Å²) in [6, 6.07) is 5.08. The molecule has 1 aromatic carbocycles. The summed E-state index contributed by atoms with van der Waals surface area (Å²) in [6.45, 7) is 8.08. The summed E-state index contributed by atoms with van der Waals surface area (Å²) in [6.07, 6.45) is 2.58. The lowest BCUT2D eigenvalue weighted by Gasteiger charge is -2.20. The van der Waals surface area contributed by atoms with Crippen molar-refractivity contribution < 1.29 is 9.90 Å². The third-order valence-electron chi connectivity index (χ3n) is 3.78. The van der Waals surface area contributed by atoms with Crippen LogP contribution in [0, 0.1) is 12.8 Å². The fraction of sp³-hybridized carbons (Fsp3) is 0.562. The Morgan fingerprint density at radius 1 is 1.40 bits per heavy atom. The molecule has 1 aliphatic rings. The molecule has 1 fully saturated rings. The van der Waals surface area contributed by atoms with Gasteiger partial charge in [0.05, 0.1) is 5.56 Å². The smallest absolute Gasteiger partial charge is 0.255 e. The maximum Gasteiger partial charge on any atom is 0.255 e. The predicted octanol–water partition coefficient (Wildman–Crippen LogP) is 2.16. The number of carbonyl (C=O) groups excluding carboxylic acids is 1. The molecule has 2 rings (SSSR count). The predicted molar refractivity (Wildman–Crippen MR) is 80.0 cm³/mol. The summed E-state index contributed by atoms with van der Waals surface area (Å²) >= 11 is 0. The van der Waals surface area contributed by atoms with Crippen LogP contribution < -0.4 is 5.32 Å². The molecule has 1 heterocycles. The van der Waals surface area contributed by atoms with E-state index < -0.39 is 0 Å². The molecule has 0 aliphatic carbocycles. The summed E-state index contributed by atoms with van der Waals surface area (Å²) < 4.78 is 0. The van der Waals surface area contributed by atoms with Crippen molar-refractivity contribution in [3.05, 3.63) is 29.3 Å². The number of benzene rings is 1. The molecule has 4 heteroatoms. The Morgan fingerprint density at radius 3 is 2.80 bits per heavy atom. The van der Waals surface area contributed by atoms with Crippen molar-refractivity contribution >= 4 is 5.91 Å². The molecule has 2 N–H and O–H groups in total. The number of hydrogen-bond acceptors (Lipinski definition) is 3. The number of phenols is 1. The molecule has 1 aromatic rings. The van der Waals surface area contributed by atoms with Crippen molar-refractivity contribution in [2.24, 2.45) is 5.92 Å². The van der Waals surface area contributed by atoms with Crippen molar-refractivity contribution in [3.63, 3.8) is 0 Å². The minimum atomic E-state index is -0.195. The molecule has 110 valence electrons. The molecule has 0 saturated carbocycles. The summed E-state index contributed by atoms with van der Waals surface area (Å²) in [7, 11) is 0. The van der Waals surface area contributed by atoms with Crippen molar-refractivity contribution in [2.45, 2.75) is 26.7 Å². The molecule has 1 atom stereocenters. The van der Waals surface area contributed by atoms with Crippen molar-refractivity contribution in [3.8, 4) is 5.75 Å². The molecule has 0 radical (unpaired) electrons. The number of likely N-dealkylation sites (tertiary alicyclic amines) is 1. The molecular formula is C16H24N2O2. The molecule has 1 unspecified atom stereocenters. The maximum atomic E-state index is 12.1. The van der Waals surface area contributed by atoms with Gasteiger partial charge in [-0.25, -0.2) is 0 Å². The Kier molecular flexibility index (Phi) is 5.01. The van der Waals surface area contributed by atoms with Crippen molar-refractivity contribution in [1.82, 2.24) is 10.2 Å². The lowest BCUT2D eigenvalue weighted by atomic mass is 10.1. The lowest BCUT2D eigenvalue weighted by molar-refractivity contribution is 0.0942. The van der Waals surface area contributed by atoms with E-state index in [1.807, 2.05) is 6.92 Å². The number of amides is 1. The number of rotatable bonds is 5. The van der Waals surface area contributed by atoms with Crippen LogP contribution in [0.25, 0.3) is 0 Å². The highest BCUT2D eigenvalue weighted by Crippen LogP contribution is 2.18. The molecule has 0 bridgehead atoms. The lowest BCUT2D eigenvalue weighted by Crippen LogP contribution is -2.34. The van der Waals surface area contributed by atoms with E-state index in [9.17, 15) is 9.90 Å². The summed E-state index contributed by atoms with van der Waals surface area (Å²) in [5, 5.41) is 12.6. The van der Waals surface area contributed by atoms with E-state index >= 15 is 0 Å². The Labute approximate surface area is 120 Å². The van der Waals surface area contributed by atoms with Gasteiger partial charge in [0.1, 0.15) is 5.75 Å². The second-order valence-electron chi connectivity index (χ2n) is 5.84. The molecule has 1 saturated heterocycles. The molecule has 20 heavy (non-hydrogen) atoms. The Bertz CT molecular complexity index is 468. The van der Waals surface area contributed by atoms with Crippen LogP contribution in [-0.2, 0) is 0 Å². The van der Waals surface area contributed by atoms with Crippen LogP contribution in [0.5, 0.6) is 5.75 Å². The standard InChI is InChI=1S/C16H24N2O2/c1-12-5-6-15(19)14(9-12)16(20)17-10-13(2)11-18-7-3-4-8-18/h5-6,9,13,19H,3-4,7-8,10-11H2,1-2H3,(H,17,20). The van der Waals surface area contributed by atoms with Crippen molar-refractivity contribution in [2.75, 3.05) is 26.2 Å². The molecular weight excluding hydrogens is 252 g/mol. The first kappa shape index (κ1) is 14.9. The highest BCUT2D eigenvalue weighted by Gasteiger charge is 2.16. The van der Waals surface area contributed by atoms with E-state index in [0.717, 1.165) is 12.1 Å².